The molecule has 0 aliphatic carbocycles. The zero-order chi connectivity index (χ0) is 10.3. The lowest BCUT2D eigenvalue weighted by Crippen LogP contribution is -1.99. The predicted molar refractivity (Wildman–Crippen MR) is 52.5 cm³/mol. The van der Waals surface area contributed by atoms with E-state index >= 15 is 0 Å². The number of hydrogen-bond donors (Lipinski definition) is 1. The van der Waals surface area contributed by atoms with E-state index in [2.05, 4.69) is 0 Å². The molecule has 0 bridgehead atoms. The molecule has 0 atom stereocenters. The van der Waals surface area contributed by atoms with Crippen LogP contribution < -0.4 is 5.63 Å². The Morgan fingerprint density at radius 3 is 2.79 bits per heavy atom. The van der Waals surface area contributed by atoms with Gasteiger partial charge in [0, 0.05) is 0 Å². The molecule has 1 heterocycles. The lowest BCUT2D eigenvalue weighted by atomic mass is 10.2. The molecule has 2 rings (SSSR count). The molecule has 0 aliphatic rings. The maximum atomic E-state index is 11.4. The van der Waals surface area contributed by atoms with Crippen LogP contribution in [0, 0.1) is 0 Å². The molecule has 0 aliphatic heterocycles. The summed E-state index contributed by atoms with van der Waals surface area (Å²) < 4.78 is 6.43. The van der Waals surface area contributed by atoms with Crippen molar-refractivity contribution in [1.82, 2.24) is 4.74 Å². The van der Waals surface area contributed by atoms with Crippen molar-refractivity contribution in [2.75, 3.05) is 0 Å². The van der Waals surface area contributed by atoms with E-state index in [0.717, 1.165) is 0 Å². The quantitative estimate of drug-likeness (QED) is 0.752. The minimum atomic E-state index is -0.412. The summed E-state index contributed by atoms with van der Waals surface area (Å²) in [6, 6.07) is 4.81. The molecule has 74 valence electrons. The standard InChI is InChI=1S/C10H11NO3/c1-6(2)11-9-7(10(13)14-11)4-3-5-8(9)12/h3-6,12H,1-2H3. The number of hydrogen-bond acceptors (Lipinski definition) is 3. The van der Waals surface area contributed by atoms with Gasteiger partial charge in [0.15, 0.2) is 0 Å². The molecule has 0 unspecified atom stereocenters. The lowest BCUT2D eigenvalue weighted by molar-refractivity contribution is 0.233. The monoisotopic (exact) mass is 193 g/mol. The average Bonchev–Trinajstić information content (AvgIpc) is 2.46. The maximum Gasteiger partial charge on any atom is 0.365 e. The van der Waals surface area contributed by atoms with Gasteiger partial charge in [-0.15, -0.1) is 0 Å². The molecular weight excluding hydrogens is 182 g/mol. The normalized spacial score (nSPS) is 11.4. The van der Waals surface area contributed by atoms with Crippen LogP contribution in [0.2, 0.25) is 0 Å². The number of para-hydroxylation sites is 1. The summed E-state index contributed by atoms with van der Waals surface area (Å²) in [6.07, 6.45) is 0. The van der Waals surface area contributed by atoms with E-state index in [1.807, 2.05) is 13.8 Å². The SMILES string of the molecule is CC(C)n1oc(=O)c2cccc(O)c21. The summed E-state index contributed by atoms with van der Waals surface area (Å²) in [6.45, 7) is 3.77. The fourth-order valence-corrected chi connectivity index (χ4v) is 1.48. The Balaban J connectivity index is 2.93. The van der Waals surface area contributed by atoms with Gasteiger partial charge in [-0.25, -0.2) is 4.79 Å². The number of phenolic OH excluding ortho intramolecular Hbond substituents is 1. The van der Waals surface area contributed by atoms with Crippen LogP contribution in [0.3, 0.4) is 0 Å². The van der Waals surface area contributed by atoms with E-state index in [0.29, 0.717) is 10.9 Å². The minimum absolute atomic E-state index is 0.00787. The van der Waals surface area contributed by atoms with E-state index < -0.39 is 5.63 Å². The van der Waals surface area contributed by atoms with Gasteiger partial charge in [-0.05, 0) is 26.0 Å². The fourth-order valence-electron chi connectivity index (χ4n) is 1.48. The second kappa shape index (κ2) is 2.90. The Bertz CT molecular complexity index is 522. The van der Waals surface area contributed by atoms with Crippen molar-refractivity contribution < 1.29 is 9.63 Å². The molecule has 4 nitrogen and oxygen atoms in total. The van der Waals surface area contributed by atoms with Gasteiger partial charge < -0.3 is 9.63 Å². The van der Waals surface area contributed by atoms with Crippen molar-refractivity contribution in [3.8, 4) is 5.75 Å². The van der Waals surface area contributed by atoms with Crippen molar-refractivity contribution in [2.24, 2.45) is 0 Å². The number of aromatic hydroxyl groups is 1. The van der Waals surface area contributed by atoms with E-state index in [1.165, 1.54) is 10.8 Å². The Kier molecular flexibility index (Phi) is 1.84. The van der Waals surface area contributed by atoms with Gasteiger partial charge >= 0.3 is 5.63 Å². The van der Waals surface area contributed by atoms with Gasteiger partial charge in [-0.1, -0.05) is 6.07 Å². The number of fused-ring (bicyclic) bond motifs is 1. The van der Waals surface area contributed by atoms with Crippen molar-refractivity contribution in [3.05, 3.63) is 28.6 Å². The molecular formula is C10H11NO3. The first-order valence-corrected chi connectivity index (χ1v) is 4.44. The van der Waals surface area contributed by atoms with Gasteiger partial charge in [-0.2, -0.15) is 4.74 Å². The van der Waals surface area contributed by atoms with Gasteiger partial charge in [-0.3, -0.25) is 0 Å². The zero-order valence-corrected chi connectivity index (χ0v) is 8.02. The molecule has 1 aromatic heterocycles. The number of nitrogens with zero attached hydrogens (tertiary/aromatic N) is 1. The summed E-state index contributed by atoms with van der Waals surface area (Å²) in [7, 11) is 0. The topological polar surface area (TPSA) is 55.4 Å². The van der Waals surface area contributed by atoms with Crippen LogP contribution in [-0.4, -0.2) is 9.85 Å². The Labute approximate surface area is 80.3 Å². The lowest BCUT2D eigenvalue weighted by Gasteiger charge is -2.05. The largest absolute Gasteiger partial charge is 0.506 e. The molecule has 14 heavy (non-hydrogen) atoms. The third kappa shape index (κ3) is 1.11. The van der Waals surface area contributed by atoms with Crippen LogP contribution in [-0.2, 0) is 0 Å². The first-order chi connectivity index (χ1) is 6.61. The van der Waals surface area contributed by atoms with Crippen LogP contribution in [0.15, 0.2) is 27.5 Å². The summed E-state index contributed by atoms with van der Waals surface area (Å²) in [5, 5.41) is 10.0. The van der Waals surface area contributed by atoms with Crippen molar-refractivity contribution >= 4 is 10.9 Å². The number of benzene rings is 1. The van der Waals surface area contributed by atoms with E-state index in [4.69, 9.17) is 4.52 Å². The molecule has 1 N–H and O–H groups in total. The molecule has 2 aromatic rings. The fraction of sp³-hybridized carbons (Fsp3) is 0.300. The molecule has 0 saturated heterocycles. The minimum Gasteiger partial charge on any atom is -0.506 e. The summed E-state index contributed by atoms with van der Waals surface area (Å²) >= 11 is 0. The second-order valence-corrected chi connectivity index (χ2v) is 3.47. The van der Waals surface area contributed by atoms with Crippen molar-refractivity contribution in [1.29, 1.82) is 0 Å². The second-order valence-electron chi connectivity index (χ2n) is 3.47. The molecule has 0 radical (unpaired) electrons. The highest BCUT2D eigenvalue weighted by atomic mass is 16.5. The molecule has 0 spiro atoms. The molecule has 4 heteroatoms. The molecule has 0 fully saturated rings. The smallest absolute Gasteiger partial charge is 0.365 e. The van der Waals surface area contributed by atoms with E-state index in [9.17, 15) is 9.90 Å². The highest BCUT2D eigenvalue weighted by Crippen LogP contribution is 2.24. The Morgan fingerprint density at radius 2 is 2.14 bits per heavy atom. The number of aromatic nitrogens is 1. The Morgan fingerprint density at radius 1 is 1.43 bits per heavy atom. The van der Waals surface area contributed by atoms with Gasteiger partial charge in [0.2, 0.25) is 0 Å². The highest BCUT2D eigenvalue weighted by Gasteiger charge is 2.14. The van der Waals surface area contributed by atoms with Crippen molar-refractivity contribution in [2.45, 2.75) is 19.9 Å². The third-order valence-electron chi connectivity index (χ3n) is 2.11. The highest BCUT2D eigenvalue weighted by molar-refractivity contribution is 5.83. The molecule has 1 aromatic carbocycles. The first-order valence-electron chi connectivity index (χ1n) is 4.44. The third-order valence-corrected chi connectivity index (χ3v) is 2.11. The van der Waals surface area contributed by atoms with Gasteiger partial charge in [0.1, 0.15) is 11.3 Å². The Hall–Kier alpha value is -1.71. The zero-order valence-electron chi connectivity index (χ0n) is 8.02. The number of rotatable bonds is 1. The first kappa shape index (κ1) is 8.87. The average molecular weight is 193 g/mol. The summed E-state index contributed by atoms with van der Waals surface area (Å²) in [5.41, 5.74) is 0.0529. The molecule has 0 amide bonds. The summed E-state index contributed by atoms with van der Waals surface area (Å²) in [4.78, 5) is 11.4. The summed E-state index contributed by atoms with van der Waals surface area (Å²) in [5.74, 6) is 0.0713. The van der Waals surface area contributed by atoms with Crippen LogP contribution in [0.25, 0.3) is 10.9 Å². The van der Waals surface area contributed by atoms with E-state index in [-0.39, 0.29) is 11.8 Å². The van der Waals surface area contributed by atoms with Crippen LogP contribution in [0.5, 0.6) is 5.75 Å². The van der Waals surface area contributed by atoms with Crippen molar-refractivity contribution in [3.63, 3.8) is 0 Å². The van der Waals surface area contributed by atoms with Crippen LogP contribution in [0.4, 0.5) is 0 Å². The maximum absolute atomic E-state index is 11.4. The van der Waals surface area contributed by atoms with Crippen LogP contribution >= 0.6 is 0 Å². The van der Waals surface area contributed by atoms with Gasteiger partial charge in [0.05, 0.1) is 11.4 Å². The molecule has 0 saturated carbocycles. The predicted octanol–water partition coefficient (Wildman–Crippen LogP) is 1.88. The van der Waals surface area contributed by atoms with E-state index in [1.54, 1.807) is 12.1 Å². The number of phenols is 1. The van der Waals surface area contributed by atoms with Gasteiger partial charge in [0.25, 0.3) is 0 Å². The van der Waals surface area contributed by atoms with Crippen LogP contribution in [0.1, 0.15) is 19.9 Å².